The number of benzene rings is 1. The highest BCUT2D eigenvalue weighted by Crippen LogP contribution is 2.11. The van der Waals surface area contributed by atoms with E-state index in [0.717, 1.165) is 11.3 Å². The molecule has 2 rings (SSSR count). The smallest absolute Gasteiger partial charge is 0.276 e. The molecular formula is C13H15N3O2. The largest absolute Gasteiger partial charge is 0.396 e. The normalized spacial score (nSPS) is 10.3. The first-order valence-electron chi connectivity index (χ1n) is 5.72. The number of hydrogen-bond acceptors (Lipinski definition) is 3. The van der Waals surface area contributed by atoms with Crippen LogP contribution >= 0.6 is 0 Å². The van der Waals surface area contributed by atoms with Crippen LogP contribution in [-0.4, -0.2) is 27.8 Å². The molecule has 5 heteroatoms. The monoisotopic (exact) mass is 245 g/mol. The van der Waals surface area contributed by atoms with Crippen molar-refractivity contribution in [2.24, 2.45) is 0 Å². The zero-order valence-corrected chi connectivity index (χ0v) is 10.1. The maximum Gasteiger partial charge on any atom is 0.276 e. The van der Waals surface area contributed by atoms with Gasteiger partial charge in [-0.2, -0.15) is 5.10 Å². The van der Waals surface area contributed by atoms with Crippen LogP contribution in [-0.2, 0) is 6.42 Å². The van der Waals surface area contributed by atoms with Gasteiger partial charge in [0.15, 0.2) is 5.69 Å². The molecule has 0 aliphatic carbocycles. The molecule has 0 saturated carbocycles. The van der Waals surface area contributed by atoms with Crippen LogP contribution in [0.15, 0.2) is 30.3 Å². The van der Waals surface area contributed by atoms with Crippen LogP contribution in [0.25, 0.3) is 0 Å². The number of anilines is 1. The van der Waals surface area contributed by atoms with Crippen molar-refractivity contribution in [2.45, 2.75) is 13.3 Å². The lowest BCUT2D eigenvalue weighted by molar-refractivity contribution is 0.102. The van der Waals surface area contributed by atoms with Crippen LogP contribution in [0.3, 0.4) is 0 Å². The van der Waals surface area contributed by atoms with Gasteiger partial charge in [0, 0.05) is 18.0 Å². The molecule has 1 aromatic heterocycles. The van der Waals surface area contributed by atoms with Crippen molar-refractivity contribution in [1.82, 2.24) is 10.2 Å². The van der Waals surface area contributed by atoms with Crippen LogP contribution in [0.4, 0.5) is 5.69 Å². The van der Waals surface area contributed by atoms with E-state index in [2.05, 4.69) is 15.5 Å². The predicted octanol–water partition coefficient (Wildman–Crippen LogP) is 1.51. The van der Waals surface area contributed by atoms with E-state index in [-0.39, 0.29) is 12.5 Å². The van der Waals surface area contributed by atoms with Crippen LogP contribution in [0.2, 0.25) is 0 Å². The van der Waals surface area contributed by atoms with Crippen LogP contribution in [0, 0.1) is 6.92 Å². The second-order valence-corrected chi connectivity index (χ2v) is 4.06. The molecule has 0 aliphatic rings. The summed E-state index contributed by atoms with van der Waals surface area (Å²) in [7, 11) is 0. The number of carbonyl (C=O) groups is 1. The number of nitrogens with one attached hydrogen (secondary N) is 2. The first-order valence-corrected chi connectivity index (χ1v) is 5.72. The first kappa shape index (κ1) is 12.3. The molecule has 0 bridgehead atoms. The van der Waals surface area contributed by atoms with Gasteiger partial charge in [-0.25, -0.2) is 0 Å². The Morgan fingerprint density at radius 1 is 1.39 bits per heavy atom. The van der Waals surface area contributed by atoms with E-state index in [9.17, 15) is 4.79 Å². The fourth-order valence-electron chi connectivity index (χ4n) is 1.61. The van der Waals surface area contributed by atoms with Crippen molar-refractivity contribution >= 4 is 11.6 Å². The van der Waals surface area contributed by atoms with Crippen molar-refractivity contribution in [3.63, 3.8) is 0 Å². The van der Waals surface area contributed by atoms with Gasteiger partial charge in [-0.3, -0.25) is 9.89 Å². The highest BCUT2D eigenvalue weighted by molar-refractivity contribution is 6.02. The minimum Gasteiger partial charge on any atom is -0.396 e. The van der Waals surface area contributed by atoms with Gasteiger partial charge in [-0.15, -0.1) is 0 Å². The number of hydrogen-bond donors (Lipinski definition) is 3. The lowest BCUT2D eigenvalue weighted by Gasteiger charge is -2.04. The molecule has 1 aromatic carbocycles. The number of rotatable bonds is 4. The summed E-state index contributed by atoms with van der Waals surface area (Å²) >= 11 is 0. The fourth-order valence-corrected chi connectivity index (χ4v) is 1.61. The summed E-state index contributed by atoms with van der Waals surface area (Å²) in [6, 6.07) is 9.06. The Bertz CT molecular complexity index is 531. The van der Waals surface area contributed by atoms with E-state index in [1.54, 1.807) is 6.07 Å². The maximum atomic E-state index is 11.8. The number of aromatic amines is 1. The van der Waals surface area contributed by atoms with E-state index in [4.69, 9.17) is 5.11 Å². The molecule has 0 fully saturated rings. The van der Waals surface area contributed by atoms with Gasteiger partial charge in [-0.05, 0) is 37.1 Å². The minimum absolute atomic E-state index is 0.123. The second-order valence-electron chi connectivity index (χ2n) is 4.06. The maximum absolute atomic E-state index is 11.8. The Balaban J connectivity index is 2.03. The first-order chi connectivity index (χ1) is 8.69. The van der Waals surface area contributed by atoms with Crippen LogP contribution in [0.1, 0.15) is 21.7 Å². The zero-order valence-electron chi connectivity index (χ0n) is 10.1. The van der Waals surface area contributed by atoms with Gasteiger partial charge in [0.05, 0.1) is 0 Å². The predicted molar refractivity (Wildman–Crippen MR) is 68.5 cm³/mol. The number of carbonyl (C=O) groups excluding carboxylic acids is 1. The van der Waals surface area contributed by atoms with Crippen LogP contribution in [0.5, 0.6) is 0 Å². The average molecular weight is 245 g/mol. The van der Waals surface area contributed by atoms with Crippen molar-refractivity contribution in [2.75, 3.05) is 11.9 Å². The summed E-state index contributed by atoms with van der Waals surface area (Å²) in [6.45, 7) is 1.96. The highest BCUT2D eigenvalue weighted by atomic mass is 16.2. The molecule has 0 aliphatic heterocycles. The third-order valence-corrected chi connectivity index (χ3v) is 2.55. The van der Waals surface area contributed by atoms with Gasteiger partial charge in [0.1, 0.15) is 0 Å². The van der Waals surface area contributed by atoms with E-state index in [1.165, 1.54) is 0 Å². The van der Waals surface area contributed by atoms with Crippen LogP contribution < -0.4 is 5.32 Å². The zero-order chi connectivity index (χ0) is 13.0. The summed E-state index contributed by atoms with van der Waals surface area (Å²) in [5, 5.41) is 18.2. The molecular weight excluding hydrogens is 230 g/mol. The summed E-state index contributed by atoms with van der Waals surface area (Å²) in [6.07, 6.45) is 0.618. The molecule has 94 valence electrons. The van der Waals surface area contributed by atoms with E-state index in [1.807, 2.05) is 31.2 Å². The molecule has 0 saturated heterocycles. The quantitative estimate of drug-likeness (QED) is 0.764. The Hall–Kier alpha value is -2.14. The Kier molecular flexibility index (Phi) is 3.74. The van der Waals surface area contributed by atoms with Crippen molar-refractivity contribution in [3.8, 4) is 0 Å². The lowest BCUT2D eigenvalue weighted by Crippen LogP contribution is -2.12. The van der Waals surface area contributed by atoms with Gasteiger partial charge >= 0.3 is 0 Å². The van der Waals surface area contributed by atoms with Gasteiger partial charge < -0.3 is 10.4 Å². The van der Waals surface area contributed by atoms with E-state index >= 15 is 0 Å². The fraction of sp³-hybridized carbons (Fsp3) is 0.231. The third-order valence-electron chi connectivity index (χ3n) is 2.55. The molecule has 3 N–H and O–H groups in total. The number of nitrogens with zero attached hydrogens (tertiary/aromatic N) is 1. The topological polar surface area (TPSA) is 78.0 Å². The Labute approximate surface area is 105 Å². The summed E-state index contributed by atoms with van der Waals surface area (Å²) in [4.78, 5) is 11.8. The molecule has 0 spiro atoms. The third kappa shape index (κ3) is 2.95. The van der Waals surface area contributed by atoms with E-state index < -0.39 is 0 Å². The standard InChI is InChI=1S/C13H15N3O2/c1-9-8-12(16-15-9)13(18)14-11-4-2-10(3-5-11)6-7-17/h2-5,8,17H,6-7H2,1H3,(H,14,18)(H,15,16). The summed E-state index contributed by atoms with van der Waals surface area (Å²) < 4.78 is 0. The van der Waals surface area contributed by atoms with Gasteiger partial charge in [0.25, 0.3) is 5.91 Å². The Morgan fingerprint density at radius 3 is 2.67 bits per heavy atom. The summed E-state index contributed by atoms with van der Waals surface area (Å²) in [5.41, 5.74) is 2.96. The molecule has 1 amide bonds. The molecule has 5 nitrogen and oxygen atoms in total. The van der Waals surface area contributed by atoms with Crippen molar-refractivity contribution in [1.29, 1.82) is 0 Å². The molecule has 2 aromatic rings. The van der Waals surface area contributed by atoms with E-state index in [0.29, 0.717) is 17.8 Å². The number of H-pyrrole nitrogens is 1. The molecule has 0 radical (unpaired) electrons. The van der Waals surface area contributed by atoms with Crippen molar-refractivity contribution in [3.05, 3.63) is 47.3 Å². The second kappa shape index (κ2) is 5.46. The van der Waals surface area contributed by atoms with Gasteiger partial charge in [0.2, 0.25) is 0 Å². The average Bonchev–Trinajstić information content (AvgIpc) is 2.79. The van der Waals surface area contributed by atoms with Crippen molar-refractivity contribution < 1.29 is 9.90 Å². The Morgan fingerprint density at radius 2 is 2.11 bits per heavy atom. The minimum atomic E-state index is -0.241. The lowest BCUT2D eigenvalue weighted by atomic mass is 10.1. The number of aliphatic hydroxyl groups excluding tert-OH is 1. The molecule has 18 heavy (non-hydrogen) atoms. The highest BCUT2D eigenvalue weighted by Gasteiger charge is 2.09. The number of amides is 1. The SMILES string of the molecule is Cc1cc(C(=O)Nc2ccc(CCO)cc2)n[nH]1. The van der Waals surface area contributed by atoms with Gasteiger partial charge in [-0.1, -0.05) is 12.1 Å². The molecule has 1 heterocycles. The molecule has 0 unspecified atom stereocenters. The number of aromatic nitrogens is 2. The number of aryl methyl sites for hydroxylation is 1. The molecule has 0 atom stereocenters. The number of aliphatic hydroxyl groups is 1. The summed E-state index contributed by atoms with van der Waals surface area (Å²) in [5.74, 6) is -0.241.